The van der Waals surface area contributed by atoms with Crippen molar-refractivity contribution < 1.29 is 0 Å². The van der Waals surface area contributed by atoms with Gasteiger partial charge in [0.05, 0.1) is 16.1 Å². The Balaban J connectivity index is 1.72. The van der Waals surface area contributed by atoms with Crippen LogP contribution in [0.4, 0.5) is 5.82 Å². The molecule has 0 saturated carbocycles. The number of benzene rings is 1. The molecule has 6 heteroatoms. The fraction of sp³-hybridized carbons (Fsp3) is 0.263. The smallest absolute Gasteiger partial charge is 0.161 e. The van der Waals surface area contributed by atoms with Crippen molar-refractivity contribution in [2.24, 2.45) is 7.05 Å². The molecule has 1 aliphatic rings. The molecule has 2 aromatic heterocycles. The van der Waals surface area contributed by atoms with Gasteiger partial charge in [0.15, 0.2) is 5.82 Å². The third kappa shape index (κ3) is 2.85. The van der Waals surface area contributed by atoms with Gasteiger partial charge in [0, 0.05) is 33.2 Å². The number of fused-ring (bicyclic) bond motifs is 1. The Morgan fingerprint density at radius 2 is 1.80 bits per heavy atom. The van der Waals surface area contributed by atoms with Crippen LogP contribution in [-0.4, -0.2) is 45.6 Å². The maximum atomic E-state index is 6.46. The highest BCUT2D eigenvalue weighted by Gasteiger charge is 2.19. The average molecular weight is 354 g/mol. The second-order valence-corrected chi connectivity index (χ2v) is 6.60. The fourth-order valence-corrected chi connectivity index (χ4v) is 3.45. The standard InChI is InChI=1S/C19H20ClN5/c1-3-24-10-12-25(13-11-24)17-9-8-14(20)18(22-17)19-21-15-6-4-5-7-16(15)23(19)2/h3-9H,1,10-13H2,2H3. The molecule has 25 heavy (non-hydrogen) atoms. The van der Waals surface area contributed by atoms with E-state index in [1.54, 1.807) is 0 Å². The van der Waals surface area contributed by atoms with Crippen LogP contribution in [0.1, 0.15) is 0 Å². The van der Waals surface area contributed by atoms with E-state index in [9.17, 15) is 0 Å². The number of nitrogens with zero attached hydrogens (tertiary/aromatic N) is 5. The van der Waals surface area contributed by atoms with Crippen molar-refractivity contribution >= 4 is 28.5 Å². The van der Waals surface area contributed by atoms with Crippen LogP contribution in [0.5, 0.6) is 0 Å². The molecule has 0 atom stereocenters. The molecule has 0 amide bonds. The van der Waals surface area contributed by atoms with Crippen LogP contribution in [0.15, 0.2) is 49.2 Å². The van der Waals surface area contributed by atoms with E-state index in [-0.39, 0.29) is 0 Å². The highest BCUT2D eigenvalue weighted by molar-refractivity contribution is 6.33. The van der Waals surface area contributed by atoms with Crippen LogP contribution < -0.4 is 4.90 Å². The number of anilines is 1. The summed E-state index contributed by atoms with van der Waals surface area (Å²) >= 11 is 6.46. The first kappa shape index (κ1) is 16.0. The number of para-hydroxylation sites is 2. The zero-order valence-corrected chi connectivity index (χ0v) is 14.9. The van der Waals surface area contributed by atoms with Gasteiger partial charge in [-0.2, -0.15) is 0 Å². The van der Waals surface area contributed by atoms with Gasteiger partial charge in [0.1, 0.15) is 11.5 Å². The average Bonchev–Trinajstić information content (AvgIpc) is 2.99. The minimum atomic E-state index is 0.617. The highest BCUT2D eigenvalue weighted by Crippen LogP contribution is 2.30. The van der Waals surface area contributed by atoms with Crippen LogP contribution in [0.25, 0.3) is 22.6 Å². The molecule has 3 aromatic rings. The topological polar surface area (TPSA) is 37.2 Å². The summed E-state index contributed by atoms with van der Waals surface area (Å²) < 4.78 is 2.04. The summed E-state index contributed by atoms with van der Waals surface area (Å²) in [7, 11) is 2.00. The summed E-state index contributed by atoms with van der Waals surface area (Å²) in [5, 5.41) is 0.617. The van der Waals surface area contributed by atoms with Crippen LogP contribution >= 0.6 is 11.6 Å². The molecule has 0 bridgehead atoms. The fourth-order valence-electron chi connectivity index (χ4n) is 3.26. The summed E-state index contributed by atoms with van der Waals surface area (Å²) in [5.74, 6) is 1.73. The molecule has 0 unspecified atom stereocenters. The molecule has 1 aromatic carbocycles. The number of pyridine rings is 1. The lowest BCUT2D eigenvalue weighted by Gasteiger charge is -2.34. The number of rotatable bonds is 3. The number of halogens is 1. The number of aromatic nitrogens is 3. The Hall–Kier alpha value is -2.53. The van der Waals surface area contributed by atoms with Gasteiger partial charge in [-0.3, -0.25) is 0 Å². The summed E-state index contributed by atoms with van der Waals surface area (Å²) in [6.45, 7) is 7.59. The van der Waals surface area contributed by atoms with E-state index >= 15 is 0 Å². The second kappa shape index (κ2) is 6.41. The van der Waals surface area contributed by atoms with Gasteiger partial charge >= 0.3 is 0 Å². The van der Waals surface area contributed by atoms with E-state index in [0.29, 0.717) is 5.02 Å². The van der Waals surface area contributed by atoms with Crippen molar-refractivity contribution in [1.82, 2.24) is 19.4 Å². The lowest BCUT2D eigenvalue weighted by molar-refractivity contribution is 0.349. The van der Waals surface area contributed by atoms with Crippen LogP contribution in [-0.2, 0) is 7.05 Å². The summed E-state index contributed by atoms with van der Waals surface area (Å²) in [6, 6.07) is 12.0. The van der Waals surface area contributed by atoms with E-state index in [1.165, 1.54) is 0 Å². The van der Waals surface area contributed by atoms with Gasteiger partial charge in [-0.1, -0.05) is 30.3 Å². The summed E-state index contributed by atoms with van der Waals surface area (Å²) in [6.07, 6.45) is 1.90. The first-order chi connectivity index (χ1) is 12.2. The predicted octanol–water partition coefficient (Wildman–Crippen LogP) is 3.55. The third-order valence-corrected chi connectivity index (χ3v) is 5.03. The Bertz CT molecular complexity index is 925. The van der Waals surface area contributed by atoms with Gasteiger partial charge in [-0.15, -0.1) is 0 Å². The molecule has 128 valence electrons. The van der Waals surface area contributed by atoms with Gasteiger partial charge in [-0.05, 0) is 30.5 Å². The Kier molecular flexibility index (Phi) is 4.09. The number of hydrogen-bond donors (Lipinski definition) is 0. The van der Waals surface area contributed by atoms with E-state index in [2.05, 4.69) is 22.4 Å². The number of piperazine rings is 1. The second-order valence-electron chi connectivity index (χ2n) is 6.19. The normalized spacial score (nSPS) is 15.0. The van der Waals surface area contributed by atoms with Gasteiger partial charge in [-0.25, -0.2) is 9.97 Å². The predicted molar refractivity (Wildman–Crippen MR) is 103 cm³/mol. The van der Waals surface area contributed by atoms with Crippen molar-refractivity contribution in [2.45, 2.75) is 0 Å². The molecule has 0 radical (unpaired) electrons. The van der Waals surface area contributed by atoms with E-state index in [4.69, 9.17) is 21.6 Å². The molecular weight excluding hydrogens is 334 g/mol. The molecule has 4 rings (SSSR count). The minimum Gasteiger partial charge on any atom is -0.374 e. The minimum absolute atomic E-state index is 0.617. The highest BCUT2D eigenvalue weighted by atomic mass is 35.5. The zero-order valence-electron chi connectivity index (χ0n) is 14.2. The lowest BCUT2D eigenvalue weighted by atomic mass is 10.3. The molecule has 0 N–H and O–H groups in total. The van der Waals surface area contributed by atoms with Crippen LogP contribution in [0.2, 0.25) is 5.02 Å². The van der Waals surface area contributed by atoms with Crippen molar-refractivity contribution in [2.75, 3.05) is 31.1 Å². The lowest BCUT2D eigenvalue weighted by Crippen LogP contribution is -2.44. The van der Waals surface area contributed by atoms with E-state index in [1.807, 2.05) is 48.1 Å². The number of aryl methyl sites for hydroxylation is 1. The zero-order chi connectivity index (χ0) is 17.4. The first-order valence-corrected chi connectivity index (χ1v) is 8.75. The molecule has 1 fully saturated rings. The molecule has 0 spiro atoms. The van der Waals surface area contributed by atoms with Gasteiger partial charge < -0.3 is 14.4 Å². The van der Waals surface area contributed by atoms with Crippen molar-refractivity contribution in [3.8, 4) is 11.5 Å². The Morgan fingerprint density at radius 3 is 2.52 bits per heavy atom. The van der Waals surface area contributed by atoms with Crippen LogP contribution in [0.3, 0.4) is 0 Å². The summed E-state index contributed by atoms with van der Waals surface area (Å²) in [4.78, 5) is 14.1. The SMILES string of the molecule is C=CN1CCN(c2ccc(Cl)c(-c3nc4ccccc4n3C)n2)CC1. The maximum absolute atomic E-state index is 6.46. The number of hydrogen-bond acceptors (Lipinski definition) is 4. The Morgan fingerprint density at radius 1 is 1.04 bits per heavy atom. The van der Waals surface area contributed by atoms with Gasteiger partial charge in [0.2, 0.25) is 0 Å². The van der Waals surface area contributed by atoms with Crippen LogP contribution in [0, 0.1) is 0 Å². The maximum Gasteiger partial charge on any atom is 0.161 e. The first-order valence-electron chi connectivity index (χ1n) is 8.37. The molecule has 0 aliphatic carbocycles. The molecule has 3 heterocycles. The van der Waals surface area contributed by atoms with E-state index in [0.717, 1.165) is 54.5 Å². The molecule has 5 nitrogen and oxygen atoms in total. The largest absolute Gasteiger partial charge is 0.374 e. The molecule has 1 aliphatic heterocycles. The van der Waals surface area contributed by atoms with Crippen molar-refractivity contribution in [3.05, 3.63) is 54.2 Å². The molecule has 1 saturated heterocycles. The Labute approximate surface area is 152 Å². The van der Waals surface area contributed by atoms with Crippen molar-refractivity contribution in [1.29, 1.82) is 0 Å². The third-order valence-electron chi connectivity index (χ3n) is 4.73. The quantitative estimate of drug-likeness (QED) is 0.721. The van der Waals surface area contributed by atoms with Crippen molar-refractivity contribution in [3.63, 3.8) is 0 Å². The summed E-state index contributed by atoms with van der Waals surface area (Å²) in [5.41, 5.74) is 2.74. The van der Waals surface area contributed by atoms with E-state index < -0.39 is 0 Å². The molecular formula is C19H20ClN5. The van der Waals surface area contributed by atoms with Gasteiger partial charge in [0.25, 0.3) is 0 Å². The number of imidazole rings is 1. The monoisotopic (exact) mass is 353 g/mol.